The number of hydrogen-bond donors (Lipinski definition) is 0. The molecule has 9 nitrogen and oxygen atoms in total. The summed E-state index contributed by atoms with van der Waals surface area (Å²) in [4.78, 5) is 12.3. The fourth-order valence-corrected chi connectivity index (χ4v) is 7.27. The number of nitriles is 1. The molecule has 6 rings (SSSR count). The average molecular weight is 533 g/mol. The molecule has 3 aromatic heterocycles. The van der Waals surface area contributed by atoms with Gasteiger partial charge in [0.25, 0.3) is 10.0 Å². The molecule has 2 aliphatic rings. The zero-order valence-corrected chi connectivity index (χ0v) is 22.2. The molecule has 10 heteroatoms. The van der Waals surface area contributed by atoms with Gasteiger partial charge in [0.2, 0.25) is 0 Å². The van der Waals surface area contributed by atoms with Crippen LogP contribution in [0.1, 0.15) is 44.0 Å². The Kier molecular flexibility index (Phi) is 6.91. The van der Waals surface area contributed by atoms with E-state index in [9.17, 15) is 8.42 Å². The van der Waals surface area contributed by atoms with Gasteiger partial charge in [0.1, 0.15) is 11.3 Å². The minimum atomic E-state index is -3.78. The average Bonchev–Trinajstić information content (AvgIpc) is 3.55. The van der Waals surface area contributed by atoms with Crippen molar-refractivity contribution < 1.29 is 13.2 Å². The van der Waals surface area contributed by atoms with Crippen molar-refractivity contribution in [3.63, 3.8) is 0 Å². The second kappa shape index (κ2) is 10.5. The highest BCUT2D eigenvalue weighted by Crippen LogP contribution is 2.35. The van der Waals surface area contributed by atoms with E-state index in [-0.39, 0.29) is 10.9 Å². The Morgan fingerprint density at radius 3 is 2.55 bits per heavy atom. The van der Waals surface area contributed by atoms with Gasteiger partial charge in [-0.15, -0.1) is 0 Å². The topological polar surface area (TPSA) is 106 Å². The van der Waals surface area contributed by atoms with E-state index in [2.05, 4.69) is 20.5 Å². The van der Waals surface area contributed by atoms with Crippen LogP contribution in [0.25, 0.3) is 22.1 Å². The van der Waals surface area contributed by atoms with E-state index < -0.39 is 10.0 Å². The summed E-state index contributed by atoms with van der Waals surface area (Å²) in [6.07, 6.45) is 8.72. The van der Waals surface area contributed by atoms with Gasteiger partial charge in [0, 0.05) is 63.3 Å². The van der Waals surface area contributed by atoms with Crippen molar-refractivity contribution in [1.82, 2.24) is 23.4 Å². The molecule has 0 unspecified atom stereocenters. The summed E-state index contributed by atoms with van der Waals surface area (Å²) in [5.41, 5.74) is 2.20. The molecule has 38 heavy (non-hydrogen) atoms. The number of piperidine rings is 1. The first-order chi connectivity index (χ1) is 18.6. The molecule has 2 saturated heterocycles. The van der Waals surface area contributed by atoms with E-state index >= 15 is 0 Å². The lowest BCUT2D eigenvalue weighted by atomic mass is 9.95. The minimum Gasteiger partial charge on any atom is -0.381 e. The quantitative estimate of drug-likeness (QED) is 0.352. The number of nitrogens with zero attached hydrogens (tertiary/aromatic N) is 6. The number of hydrogen-bond acceptors (Lipinski definition) is 7. The molecular weight excluding hydrogens is 500 g/mol. The van der Waals surface area contributed by atoms with Crippen LogP contribution in [0.4, 0.5) is 0 Å². The van der Waals surface area contributed by atoms with Crippen molar-refractivity contribution in [1.29, 1.82) is 5.26 Å². The highest BCUT2D eigenvalue weighted by atomic mass is 32.2. The first-order valence-corrected chi connectivity index (χ1v) is 14.8. The monoisotopic (exact) mass is 532 g/mol. The third-order valence-electron chi connectivity index (χ3n) is 7.98. The first kappa shape index (κ1) is 25.0. The van der Waals surface area contributed by atoms with Gasteiger partial charge in [0.05, 0.1) is 22.7 Å². The Hall–Kier alpha value is -3.26. The van der Waals surface area contributed by atoms with Gasteiger partial charge >= 0.3 is 0 Å². The summed E-state index contributed by atoms with van der Waals surface area (Å²) in [7, 11) is -3.78. The van der Waals surface area contributed by atoms with Gasteiger partial charge < -0.3 is 14.2 Å². The summed E-state index contributed by atoms with van der Waals surface area (Å²) in [6.45, 7) is 4.24. The second-order valence-electron chi connectivity index (χ2n) is 10.3. The normalized spacial score (nSPS) is 18.3. The second-order valence-corrected chi connectivity index (χ2v) is 12.1. The largest absolute Gasteiger partial charge is 0.381 e. The van der Waals surface area contributed by atoms with Gasteiger partial charge in [-0.25, -0.2) is 22.4 Å². The number of pyridine rings is 1. The van der Waals surface area contributed by atoms with Gasteiger partial charge in [-0.05, 0) is 49.8 Å². The molecule has 1 aromatic carbocycles. The minimum absolute atomic E-state index is 0.234. The Morgan fingerprint density at radius 2 is 1.82 bits per heavy atom. The zero-order chi connectivity index (χ0) is 26.1. The van der Waals surface area contributed by atoms with Crippen LogP contribution in [0, 0.1) is 17.2 Å². The van der Waals surface area contributed by atoms with Crippen LogP contribution in [0.3, 0.4) is 0 Å². The molecular formula is C28H32N6O3S. The highest BCUT2D eigenvalue weighted by Gasteiger charge is 2.29. The molecule has 0 amide bonds. The van der Waals surface area contributed by atoms with E-state index in [1.807, 2.05) is 6.07 Å². The lowest BCUT2D eigenvalue weighted by molar-refractivity contribution is 0.0655. The van der Waals surface area contributed by atoms with E-state index in [4.69, 9.17) is 15.0 Å². The number of imidazole rings is 1. The Bertz CT molecular complexity index is 1570. The fraction of sp³-hybridized carbons (Fsp3) is 0.464. The van der Waals surface area contributed by atoms with E-state index in [0.29, 0.717) is 18.0 Å². The molecule has 5 heterocycles. The molecule has 0 atom stereocenters. The van der Waals surface area contributed by atoms with Gasteiger partial charge in [-0.3, -0.25) is 0 Å². The van der Waals surface area contributed by atoms with Gasteiger partial charge in [-0.2, -0.15) is 5.26 Å². The number of ether oxygens (including phenoxy) is 1. The summed E-state index contributed by atoms with van der Waals surface area (Å²) >= 11 is 0. The molecule has 0 aliphatic carbocycles. The lowest BCUT2D eigenvalue weighted by Crippen LogP contribution is -2.35. The van der Waals surface area contributed by atoms with Crippen LogP contribution in [0.15, 0.2) is 53.7 Å². The van der Waals surface area contributed by atoms with E-state index in [1.54, 1.807) is 42.7 Å². The van der Waals surface area contributed by atoms with Crippen LogP contribution in [-0.2, 0) is 21.2 Å². The number of aromatic nitrogens is 4. The number of likely N-dealkylation sites (tertiary alicyclic amines) is 1. The molecule has 0 spiro atoms. The number of fused-ring (bicyclic) bond motifs is 3. The molecule has 198 valence electrons. The Morgan fingerprint density at radius 1 is 1.05 bits per heavy atom. The highest BCUT2D eigenvalue weighted by molar-refractivity contribution is 7.90. The van der Waals surface area contributed by atoms with Crippen molar-refractivity contribution in [2.24, 2.45) is 5.92 Å². The van der Waals surface area contributed by atoms with Crippen LogP contribution in [-0.4, -0.2) is 64.7 Å². The summed E-state index contributed by atoms with van der Waals surface area (Å²) in [5.74, 6) is 1.57. The zero-order valence-electron chi connectivity index (χ0n) is 21.4. The number of benzene rings is 1. The summed E-state index contributed by atoms with van der Waals surface area (Å²) < 4.78 is 36.2. The predicted octanol–water partition coefficient (Wildman–Crippen LogP) is 4.14. The lowest BCUT2D eigenvalue weighted by Gasteiger charge is -2.33. The van der Waals surface area contributed by atoms with Crippen LogP contribution in [0.2, 0.25) is 0 Å². The van der Waals surface area contributed by atoms with E-state index in [0.717, 1.165) is 87.2 Å². The van der Waals surface area contributed by atoms with E-state index in [1.165, 1.54) is 3.97 Å². The summed E-state index contributed by atoms with van der Waals surface area (Å²) in [5, 5.41) is 9.80. The smallest absolute Gasteiger partial charge is 0.269 e. The fourth-order valence-electron chi connectivity index (χ4n) is 5.95. The molecule has 0 bridgehead atoms. The molecule has 4 aromatic rings. The molecule has 2 fully saturated rings. The predicted molar refractivity (Wildman–Crippen MR) is 144 cm³/mol. The first-order valence-electron chi connectivity index (χ1n) is 13.4. The maximum absolute atomic E-state index is 13.5. The maximum atomic E-state index is 13.5. The SMILES string of the molecule is N#CCCN1CCC(n2c(CC3CCOCC3)nc3cnc4c(ccn4S(=O)(=O)c4ccccc4)c32)CC1. The molecule has 0 radical (unpaired) electrons. The van der Waals surface area contributed by atoms with Crippen molar-refractivity contribution in [2.75, 3.05) is 32.8 Å². The standard InChI is InChI=1S/C28H32N6O3S/c29-12-4-13-32-14-7-22(8-15-32)34-26(19-21-10-17-37-18-11-21)31-25-20-30-28-24(27(25)34)9-16-33(28)38(35,36)23-5-2-1-3-6-23/h1-3,5-6,9,16,20-22H,4,7-8,10-11,13-15,17-19H2. The Balaban J connectivity index is 1.44. The molecule has 0 saturated carbocycles. The van der Waals surface area contributed by atoms with Crippen molar-refractivity contribution in [3.8, 4) is 6.07 Å². The van der Waals surface area contributed by atoms with Gasteiger partial charge in [-0.1, -0.05) is 18.2 Å². The van der Waals surface area contributed by atoms with Crippen molar-refractivity contribution in [2.45, 2.75) is 49.5 Å². The maximum Gasteiger partial charge on any atom is 0.269 e. The van der Waals surface area contributed by atoms with Crippen molar-refractivity contribution in [3.05, 3.63) is 54.6 Å². The van der Waals surface area contributed by atoms with Crippen LogP contribution >= 0.6 is 0 Å². The molecule has 2 aliphatic heterocycles. The Labute approximate surface area is 222 Å². The van der Waals surface area contributed by atoms with Crippen LogP contribution < -0.4 is 0 Å². The number of rotatable bonds is 7. The van der Waals surface area contributed by atoms with Gasteiger partial charge in [0.15, 0.2) is 5.65 Å². The van der Waals surface area contributed by atoms with Crippen LogP contribution in [0.5, 0.6) is 0 Å². The third-order valence-corrected chi connectivity index (χ3v) is 9.66. The summed E-state index contributed by atoms with van der Waals surface area (Å²) in [6, 6.07) is 12.8. The third kappa shape index (κ3) is 4.59. The molecule has 0 N–H and O–H groups in total. The van der Waals surface area contributed by atoms with Crippen molar-refractivity contribution >= 4 is 32.1 Å².